The molecule has 0 aromatic heterocycles. The van der Waals surface area contributed by atoms with E-state index in [-0.39, 0.29) is 18.4 Å². The molecule has 0 bridgehead atoms. The minimum absolute atomic E-state index is 0.0392. The third kappa shape index (κ3) is 4.02. The van der Waals surface area contributed by atoms with Crippen LogP contribution in [0, 0.1) is 5.92 Å². The van der Waals surface area contributed by atoms with Crippen LogP contribution >= 0.6 is 0 Å². The van der Waals surface area contributed by atoms with Gasteiger partial charge in [0.15, 0.2) is 0 Å². The van der Waals surface area contributed by atoms with Gasteiger partial charge in [0.05, 0.1) is 11.1 Å². The van der Waals surface area contributed by atoms with E-state index >= 15 is 0 Å². The van der Waals surface area contributed by atoms with Crippen LogP contribution in [0.3, 0.4) is 0 Å². The Morgan fingerprint density at radius 3 is 2.15 bits per heavy atom. The number of carbonyl (C=O) groups excluding carboxylic acids is 4. The van der Waals surface area contributed by atoms with Crippen LogP contribution in [-0.2, 0) is 9.59 Å². The van der Waals surface area contributed by atoms with Crippen molar-refractivity contribution in [3.8, 4) is 0 Å². The maximum Gasteiger partial charge on any atom is 0.262 e. The van der Waals surface area contributed by atoms with E-state index in [1.54, 1.807) is 24.3 Å². The van der Waals surface area contributed by atoms with Crippen molar-refractivity contribution in [2.24, 2.45) is 5.92 Å². The minimum atomic E-state index is -0.911. The summed E-state index contributed by atoms with van der Waals surface area (Å²) in [7, 11) is 0. The molecule has 1 aliphatic heterocycles. The van der Waals surface area contributed by atoms with Crippen LogP contribution in [-0.4, -0.2) is 47.7 Å². The Morgan fingerprint density at radius 1 is 1.00 bits per heavy atom. The molecule has 27 heavy (non-hydrogen) atoms. The van der Waals surface area contributed by atoms with Crippen molar-refractivity contribution in [2.75, 3.05) is 13.1 Å². The molecule has 7 nitrogen and oxygen atoms in total. The van der Waals surface area contributed by atoms with Gasteiger partial charge in [-0.2, -0.15) is 0 Å². The lowest BCUT2D eigenvalue weighted by atomic mass is 9.89. The van der Waals surface area contributed by atoms with E-state index in [9.17, 15) is 19.2 Å². The smallest absolute Gasteiger partial charge is 0.262 e. The number of fused-ring (bicyclic) bond motifs is 1. The highest BCUT2D eigenvalue weighted by Crippen LogP contribution is 2.25. The summed E-state index contributed by atoms with van der Waals surface area (Å²) >= 11 is 0. The highest BCUT2D eigenvalue weighted by atomic mass is 16.2. The summed E-state index contributed by atoms with van der Waals surface area (Å²) in [6, 6.07) is 5.63. The average molecular weight is 371 g/mol. The Labute approximate surface area is 158 Å². The summed E-state index contributed by atoms with van der Waals surface area (Å²) in [5.41, 5.74) is 0.642. The number of amides is 4. The molecule has 1 fully saturated rings. The molecule has 2 N–H and O–H groups in total. The van der Waals surface area contributed by atoms with E-state index < -0.39 is 23.8 Å². The Bertz CT molecular complexity index is 720. The van der Waals surface area contributed by atoms with Crippen molar-refractivity contribution in [1.29, 1.82) is 0 Å². The van der Waals surface area contributed by atoms with E-state index in [2.05, 4.69) is 10.6 Å². The van der Waals surface area contributed by atoms with Gasteiger partial charge in [0.2, 0.25) is 11.8 Å². The van der Waals surface area contributed by atoms with Crippen LogP contribution in [0.4, 0.5) is 0 Å². The monoisotopic (exact) mass is 371 g/mol. The van der Waals surface area contributed by atoms with Crippen LogP contribution in [0.15, 0.2) is 24.3 Å². The number of rotatable bonds is 6. The summed E-state index contributed by atoms with van der Waals surface area (Å²) in [5.74, 6) is -1.21. The van der Waals surface area contributed by atoms with Crippen molar-refractivity contribution in [1.82, 2.24) is 15.5 Å². The van der Waals surface area contributed by atoms with Gasteiger partial charge >= 0.3 is 0 Å². The molecule has 1 saturated carbocycles. The molecular formula is C20H25N3O4. The lowest BCUT2D eigenvalue weighted by Gasteiger charge is -2.22. The first kappa shape index (κ1) is 19.1. The quantitative estimate of drug-likeness (QED) is 0.585. The van der Waals surface area contributed by atoms with Gasteiger partial charge in [0, 0.05) is 19.0 Å². The van der Waals surface area contributed by atoms with Crippen molar-refractivity contribution >= 4 is 23.6 Å². The average Bonchev–Trinajstić information content (AvgIpc) is 2.95. The van der Waals surface area contributed by atoms with E-state index in [1.807, 2.05) is 0 Å². The molecule has 2 aliphatic rings. The van der Waals surface area contributed by atoms with Crippen molar-refractivity contribution in [3.05, 3.63) is 35.4 Å². The maximum absolute atomic E-state index is 12.4. The van der Waals surface area contributed by atoms with Crippen LogP contribution in [0.1, 0.15) is 59.7 Å². The van der Waals surface area contributed by atoms with E-state index in [0.717, 1.165) is 30.6 Å². The highest BCUT2D eigenvalue weighted by Gasteiger charge is 2.40. The van der Waals surface area contributed by atoms with Crippen LogP contribution in [0.25, 0.3) is 0 Å². The molecule has 7 heteroatoms. The molecule has 4 amide bonds. The lowest BCUT2D eigenvalue weighted by molar-refractivity contribution is -0.127. The molecule has 3 rings (SSSR count). The summed E-state index contributed by atoms with van der Waals surface area (Å²) in [6.07, 6.45) is 5.22. The van der Waals surface area contributed by atoms with Crippen molar-refractivity contribution in [3.63, 3.8) is 0 Å². The molecule has 0 saturated heterocycles. The van der Waals surface area contributed by atoms with Gasteiger partial charge in [-0.1, -0.05) is 31.4 Å². The summed E-state index contributed by atoms with van der Waals surface area (Å²) in [4.78, 5) is 50.2. The lowest BCUT2D eigenvalue weighted by Crippen LogP contribution is -2.49. The minimum Gasteiger partial charge on any atom is -0.354 e. The predicted octanol–water partition coefficient (Wildman–Crippen LogP) is 1.48. The van der Waals surface area contributed by atoms with Crippen molar-refractivity contribution in [2.45, 2.75) is 45.1 Å². The van der Waals surface area contributed by atoms with Gasteiger partial charge in [-0.15, -0.1) is 0 Å². The second kappa shape index (κ2) is 8.33. The molecule has 1 aromatic rings. The Kier molecular flexibility index (Phi) is 5.88. The first-order chi connectivity index (χ1) is 13.0. The highest BCUT2D eigenvalue weighted by molar-refractivity contribution is 6.22. The number of benzene rings is 1. The van der Waals surface area contributed by atoms with E-state index in [1.165, 1.54) is 13.3 Å². The molecule has 1 unspecified atom stereocenters. The molecule has 1 aliphatic carbocycles. The number of hydrogen-bond donors (Lipinski definition) is 2. The third-order valence-electron chi connectivity index (χ3n) is 5.29. The molecule has 1 heterocycles. The summed E-state index contributed by atoms with van der Waals surface area (Å²) in [5, 5.41) is 5.53. The fourth-order valence-corrected chi connectivity index (χ4v) is 3.71. The fourth-order valence-electron chi connectivity index (χ4n) is 3.71. The Hall–Kier alpha value is -2.70. The van der Waals surface area contributed by atoms with E-state index in [4.69, 9.17) is 0 Å². The summed E-state index contributed by atoms with van der Waals surface area (Å²) in [6.45, 7) is 2.11. The number of nitrogens with zero attached hydrogens (tertiary/aromatic N) is 1. The predicted molar refractivity (Wildman–Crippen MR) is 99.0 cm³/mol. The standard InChI is InChI=1S/C20H25N3O4/c1-13(23-19(26)15-9-5-6-10-16(15)20(23)27)17(24)21-11-12-22-18(25)14-7-3-2-4-8-14/h5-6,9-10,13-14H,2-4,7-8,11-12H2,1H3,(H,21,24)(H,22,25). The Morgan fingerprint density at radius 2 is 1.56 bits per heavy atom. The zero-order valence-corrected chi connectivity index (χ0v) is 15.5. The fraction of sp³-hybridized carbons (Fsp3) is 0.500. The number of imide groups is 1. The van der Waals surface area contributed by atoms with E-state index in [0.29, 0.717) is 17.7 Å². The molecule has 144 valence electrons. The van der Waals surface area contributed by atoms with Gasteiger partial charge in [-0.05, 0) is 31.9 Å². The van der Waals surface area contributed by atoms with Crippen LogP contribution in [0.2, 0.25) is 0 Å². The molecule has 1 atom stereocenters. The number of carbonyl (C=O) groups is 4. The van der Waals surface area contributed by atoms with Gasteiger partial charge < -0.3 is 10.6 Å². The Balaban J connectivity index is 1.46. The second-order valence-electron chi connectivity index (χ2n) is 7.12. The first-order valence-corrected chi connectivity index (χ1v) is 9.53. The van der Waals surface area contributed by atoms with Crippen LogP contribution in [0.5, 0.6) is 0 Å². The number of hydrogen-bond acceptors (Lipinski definition) is 4. The largest absolute Gasteiger partial charge is 0.354 e. The van der Waals surface area contributed by atoms with Gasteiger partial charge in [-0.3, -0.25) is 24.1 Å². The number of nitrogens with one attached hydrogen (secondary N) is 2. The van der Waals surface area contributed by atoms with Gasteiger partial charge in [0.25, 0.3) is 11.8 Å². The summed E-state index contributed by atoms with van der Waals surface area (Å²) < 4.78 is 0. The SMILES string of the molecule is CC(C(=O)NCCNC(=O)C1CCCCC1)N1C(=O)c2ccccc2C1=O. The normalized spacial score (nSPS) is 18.2. The zero-order valence-electron chi connectivity index (χ0n) is 15.5. The van der Waals surface area contributed by atoms with Crippen LogP contribution < -0.4 is 10.6 Å². The van der Waals surface area contributed by atoms with Gasteiger partial charge in [0.1, 0.15) is 6.04 Å². The molecule has 1 aromatic carbocycles. The molecular weight excluding hydrogens is 346 g/mol. The second-order valence-corrected chi connectivity index (χ2v) is 7.12. The zero-order chi connectivity index (χ0) is 19.4. The third-order valence-corrected chi connectivity index (χ3v) is 5.29. The first-order valence-electron chi connectivity index (χ1n) is 9.53. The van der Waals surface area contributed by atoms with Gasteiger partial charge in [-0.25, -0.2) is 0 Å². The molecule has 0 spiro atoms. The van der Waals surface area contributed by atoms with Crippen molar-refractivity contribution < 1.29 is 19.2 Å². The molecule has 0 radical (unpaired) electrons. The topological polar surface area (TPSA) is 95.6 Å². The maximum atomic E-state index is 12.4.